The third-order valence-corrected chi connectivity index (χ3v) is 7.86. The minimum Gasteiger partial charge on any atom is -0.508 e. The van der Waals surface area contributed by atoms with Gasteiger partial charge in [0, 0.05) is 43.6 Å². The van der Waals surface area contributed by atoms with Crippen LogP contribution in [-0.2, 0) is 11.3 Å². The Bertz CT molecular complexity index is 1230. The molecule has 2 fully saturated rings. The van der Waals surface area contributed by atoms with Crippen LogP contribution in [0.5, 0.6) is 5.75 Å². The summed E-state index contributed by atoms with van der Waals surface area (Å²) in [5.41, 5.74) is 2.57. The average Bonchev–Trinajstić information content (AvgIpc) is 2.98. The van der Waals surface area contributed by atoms with Gasteiger partial charge in [0.25, 0.3) is 0 Å². The Morgan fingerprint density at radius 1 is 0.895 bits per heavy atom. The molecule has 1 amide bonds. The number of amides is 1. The minimum atomic E-state index is -0.558. The normalized spacial score (nSPS) is 17.9. The Balaban J connectivity index is 1.20. The van der Waals surface area contributed by atoms with Crippen molar-refractivity contribution in [1.82, 2.24) is 9.80 Å². The number of hydrogen-bond donors (Lipinski definition) is 1. The first kappa shape index (κ1) is 25.6. The van der Waals surface area contributed by atoms with Crippen molar-refractivity contribution < 1.29 is 14.6 Å². The highest BCUT2D eigenvalue weighted by Gasteiger charge is 2.43. The molecule has 0 spiro atoms. The summed E-state index contributed by atoms with van der Waals surface area (Å²) in [4.78, 5) is 19.0. The van der Waals surface area contributed by atoms with Gasteiger partial charge in [0.2, 0.25) is 0 Å². The summed E-state index contributed by atoms with van der Waals surface area (Å²) < 4.78 is 5.52. The molecule has 0 atom stereocenters. The molecule has 7 nitrogen and oxygen atoms in total. The topological polar surface area (TPSA) is 80.0 Å². The SMILES string of the molecule is N#CC1(N2CCC(N(c3ccccc3)c3ccc(O)cc3)CC2)CCN(C(=O)OCc2ccccc2)CC1. The van der Waals surface area contributed by atoms with Crippen molar-refractivity contribution in [2.75, 3.05) is 31.1 Å². The zero-order valence-electron chi connectivity index (χ0n) is 21.6. The maximum Gasteiger partial charge on any atom is 0.410 e. The average molecular weight is 511 g/mol. The Labute approximate surface area is 224 Å². The van der Waals surface area contributed by atoms with E-state index in [1.54, 1.807) is 17.0 Å². The lowest BCUT2D eigenvalue weighted by Gasteiger charge is -2.48. The van der Waals surface area contributed by atoms with Gasteiger partial charge in [-0.2, -0.15) is 5.26 Å². The fraction of sp³-hybridized carbons (Fsp3) is 0.355. The highest BCUT2D eigenvalue weighted by molar-refractivity contribution is 5.68. The molecule has 2 saturated heterocycles. The molecular weight excluding hydrogens is 476 g/mol. The van der Waals surface area contributed by atoms with E-state index in [0.29, 0.717) is 25.9 Å². The Hall–Kier alpha value is -4.02. The molecule has 0 radical (unpaired) electrons. The van der Waals surface area contributed by atoms with Gasteiger partial charge in [-0.3, -0.25) is 4.90 Å². The van der Waals surface area contributed by atoms with Gasteiger partial charge >= 0.3 is 6.09 Å². The van der Waals surface area contributed by atoms with Crippen molar-refractivity contribution in [3.63, 3.8) is 0 Å². The highest BCUT2D eigenvalue weighted by Crippen LogP contribution is 2.36. The molecular formula is C31H34N4O3. The number of anilines is 2. The first-order valence-electron chi connectivity index (χ1n) is 13.3. The minimum absolute atomic E-state index is 0.253. The summed E-state index contributed by atoms with van der Waals surface area (Å²) in [6.07, 6.45) is 2.76. The number of phenolic OH excluding ortho intramolecular Hbond substituents is 1. The van der Waals surface area contributed by atoms with Gasteiger partial charge in [0.15, 0.2) is 0 Å². The van der Waals surface area contributed by atoms with Crippen LogP contribution in [0, 0.1) is 11.3 Å². The van der Waals surface area contributed by atoms with E-state index in [1.807, 2.05) is 60.7 Å². The summed E-state index contributed by atoms with van der Waals surface area (Å²) in [7, 11) is 0. The quantitative estimate of drug-likeness (QED) is 0.459. The van der Waals surface area contributed by atoms with E-state index in [-0.39, 0.29) is 24.5 Å². The van der Waals surface area contributed by atoms with Crippen LogP contribution in [0.15, 0.2) is 84.9 Å². The molecule has 2 aliphatic heterocycles. The molecule has 0 unspecified atom stereocenters. The van der Waals surface area contributed by atoms with Crippen molar-refractivity contribution >= 4 is 17.5 Å². The molecule has 0 aromatic heterocycles. The number of piperidine rings is 2. The van der Waals surface area contributed by atoms with Crippen LogP contribution in [0.3, 0.4) is 0 Å². The van der Waals surface area contributed by atoms with E-state index in [4.69, 9.17) is 4.74 Å². The maximum atomic E-state index is 12.6. The van der Waals surface area contributed by atoms with Crippen LogP contribution in [-0.4, -0.2) is 58.8 Å². The lowest BCUT2D eigenvalue weighted by molar-refractivity contribution is 0.0331. The van der Waals surface area contributed by atoms with Gasteiger partial charge in [-0.05, 0) is 67.6 Å². The van der Waals surface area contributed by atoms with E-state index in [1.165, 1.54) is 0 Å². The summed E-state index contributed by atoms with van der Waals surface area (Å²) in [6.45, 7) is 2.93. The second-order valence-corrected chi connectivity index (χ2v) is 10.1. The molecule has 2 aliphatic rings. The molecule has 0 bridgehead atoms. The standard InChI is InChI=1S/C31H34N4O3/c32-24-31(17-21-33(22-18-31)30(37)38-23-25-7-3-1-4-8-25)34-19-15-28(16-20-34)35(26-9-5-2-6-10-26)27-11-13-29(36)14-12-27/h1-14,28,36H,15-23H2. The van der Waals surface area contributed by atoms with Crippen molar-refractivity contribution in [2.45, 2.75) is 43.9 Å². The number of para-hydroxylation sites is 1. The Morgan fingerprint density at radius 2 is 1.47 bits per heavy atom. The van der Waals surface area contributed by atoms with E-state index < -0.39 is 5.54 Å². The van der Waals surface area contributed by atoms with Crippen LogP contribution in [0.4, 0.5) is 16.2 Å². The number of nitrogens with zero attached hydrogens (tertiary/aromatic N) is 4. The highest BCUT2D eigenvalue weighted by atomic mass is 16.6. The van der Waals surface area contributed by atoms with Gasteiger partial charge in [-0.1, -0.05) is 48.5 Å². The van der Waals surface area contributed by atoms with Crippen molar-refractivity contribution in [1.29, 1.82) is 5.26 Å². The smallest absolute Gasteiger partial charge is 0.410 e. The lowest BCUT2D eigenvalue weighted by atomic mass is 9.85. The summed E-state index contributed by atoms with van der Waals surface area (Å²) in [5.74, 6) is 0.253. The number of hydrogen-bond acceptors (Lipinski definition) is 6. The maximum absolute atomic E-state index is 12.6. The first-order chi connectivity index (χ1) is 18.6. The summed E-state index contributed by atoms with van der Waals surface area (Å²) in [6, 6.07) is 30.3. The van der Waals surface area contributed by atoms with Gasteiger partial charge in [0.05, 0.1) is 6.07 Å². The fourth-order valence-corrected chi connectivity index (χ4v) is 5.69. The number of benzene rings is 3. The van der Waals surface area contributed by atoms with Crippen molar-refractivity contribution in [3.8, 4) is 11.8 Å². The zero-order valence-corrected chi connectivity index (χ0v) is 21.6. The second kappa shape index (κ2) is 11.6. The molecule has 0 saturated carbocycles. The molecule has 2 heterocycles. The van der Waals surface area contributed by atoms with Crippen molar-refractivity contribution in [2.24, 2.45) is 0 Å². The van der Waals surface area contributed by atoms with Gasteiger partial charge < -0.3 is 19.6 Å². The molecule has 1 N–H and O–H groups in total. The van der Waals surface area contributed by atoms with E-state index in [9.17, 15) is 15.2 Å². The predicted molar refractivity (Wildman–Crippen MR) is 147 cm³/mol. The van der Waals surface area contributed by atoms with E-state index in [0.717, 1.165) is 42.9 Å². The van der Waals surface area contributed by atoms with Gasteiger partial charge in [0.1, 0.15) is 17.9 Å². The molecule has 3 aromatic carbocycles. The molecule has 3 aromatic rings. The largest absolute Gasteiger partial charge is 0.508 e. The summed E-state index contributed by atoms with van der Waals surface area (Å²) in [5, 5.41) is 20.1. The third-order valence-electron chi connectivity index (χ3n) is 7.86. The molecule has 5 rings (SSSR count). The number of phenols is 1. The number of ether oxygens (including phenoxy) is 1. The predicted octanol–water partition coefficient (Wildman–Crippen LogP) is 5.69. The second-order valence-electron chi connectivity index (χ2n) is 10.1. The number of nitriles is 1. The number of carbonyl (C=O) groups is 1. The molecule has 7 heteroatoms. The number of aromatic hydroxyl groups is 1. The lowest BCUT2D eigenvalue weighted by Crippen LogP contribution is -2.58. The fourth-order valence-electron chi connectivity index (χ4n) is 5.69. The number of likely N-dealkylation sites (tertiary alicyclic amines) is 2. The van der Waals surface area contributed by atoms with E-state index in [2.05, 4.69) is 28.0 Å². The Kier molecular flexibility index (Phi) is 7.81. The van der Waals surface area contributed by atoms with Gasteiger partial charge in [-0.15, -0.1) is 0 Å². The van der Waals surface area contributed by atoms with Crippen LogP contribution in [0.25, 0.3) is 0 Å². The van der Waals surface area contributed by atoms with E-state index >= 15 is 0 Å². The van der Waals surface area contributed by atoms with Crippen LogP contribution in [0.1, 0.15) is 31.2 Å². The number of rotatable bonds is 6. The van der Waals surface area contributed by atoms with Crippen LogP contribution in [0.2, 0.25) is 0 Å². The van der Waals surface area contributed by atoms with Gasteiger partial charge in [-0.25, -0.2) is 4.79 Å². The number of carbonyl (C=O) groups excluding carboxylic acids is 1. The first-order valence-corrected chi connectivity index (χ1v) is 13.3. The molecule has 0 aliphatic carbocycles. The third kappa shape index (κ3) is 5.61. The van der Waals surface area contributed by atoms with Crippen LogP contribution < -0.4 is 4.90 Å². The summed E-state index contributed by atoms with van der Waals surface area (Å²) >= 11 is 0. The Morgan fingerprint density at radius 3 is 2.08 bits per heavy atom. The van der Waals surface area contributed by atoms with Crippen molar-refractivity contribution in [3.05, 3.63) is 90.5 Å². The zero-order chi connectivity index (χ0) is 26.4. The molecule has 38 heavy (non-hydrogen) atoms. The monoisotopic (exact) mass is 510 g/mol. The molecule has 196 valence electrons. The van der Waals surface area contributed by atoms with Crippen LogP contribution >= 0.6 is 0 Å².